The Bertz CT molecular complexity index is 652. The fraction of sp³-hybridized carbons (Fsp3) is 0.600. The van der Waals surface area contributed by atoms with E-state index >= 15 is 0 Å². The molecule has 12 heteroatoms. The molecule has 6 nitrogen and oxygen atoms in total. The topological polar surface area (TPSA) is 72.5 Å². The molecule has 0 aromatic carbocycles. The van der Waals surface area contributed by atoms with Gasteiger partial charge in [-0.3, -0.25) is 0 Å². The number of carbonyl (C=O) groups is 1. The Hall–Kier alpha value is -2.24. The lowest BCUT2D eigenvalue weighted by Gasteiger charge is -2.20. The number of hydrogen-bond acceptors (Lipinski definition) is 4. The summed E-state index contributed by atoms with van der Waals surface area (Å²) in [6, 6.07) is 0.827. The van der Waals surface area contributed by atoms with E-state index in [0.29, 0.717) is 5.56 Å². The highest BCUT2D eigenvalue weighted by atomic mass is 19.4. The number of rotatable bonds is 7. The highest BCUT2D eigenvalue weighted by Gasteiger charge is 2.56. The first-order valence-electron chi connectivity index (χ1n) is 7.79. The summed E-state index contributed by atoms with van der Waals surface area (Å²) >= 11 is 0. The smallest absolute Gasteiger partial charge is 0.427 e. The lowest BCUT2D eigenvalue weighted by atomic mass is 10.2. The summed E-state index contributed by atoms with van der Waals surface area (Å²) in [6.45, 7) is -0.854. The normalized spacial score (nSPS) is 20.7. The predicted octanol–water partition coefficient (Wildman–Crippen LogP) is 2.79. The van der Waals surface area contributed by atoms with Gasteiger partial charge in [0, 0.05) is 32.0 Å². The summed E-state index contributed by atoms with van der Waals surface area (Å²) in [5.74, 6) is -1.88. The molecule has 2 N–H and O–H groups in total. The minimum atomic E-state index is -4.66. The van der Waals surface area contributed by atoms with Gasteiger partial charge in [0.1, 0.15) is 0 Å². The Morgan fingerprint density at radius 1 is 1.33 bits per heavy atom. The first-order chi connectivity index (χ1) is 12.5. The fourth-order valence-corrected chi connectivity index (χ4v) is 2.24. The molecule has 2 amide bonds. The molecular formula is C15H17F6N3O3. The number of methoxy groups -OCH3 is 1. The highest BCUT2D eigenvalue weighted by Crippen LogP contribution is 2.44. The van der Waals surface area contributed by atoms with Gasteiger partial charge in [-0.05, 0) is 18.1 Å². The maximum Gasteiger partial charge on any atom is 0.427 e. The largest absolute Gasteiger partial charge is 0.462 e. The van der Waals surface area contributed by atoms with E-state index in [9.17, 15) is 31.1 Å². The average Bonchev–Trinajstić information content (AvgIpc) is 3.31. The Balaban J connectivity index is 1.86. The van der Waals surface area contributed by atoms with Crippen LogP contribution in [0.3, 0.4) is 0 Å². The molecule has 1 fully saturated rings. The molecule has 1 saturated carbocycles. The van der Waals surface area contributed by atoms with Gasteiger partial charge in [0.25, 0.3) is 0 Å². The van der Waals surface area contributed by atoms with Crippen LogP contribution < -0.4 is 15.4 Å². The van der Waals surface area contributed by atoms with Crippen molar-refractivity contribution in [2.45, 2.75) is 37.5 Å². The van der Waals surface area contributed by atoms with E-state index < -0.39 is 43.1 Å². The summed E-state index contributed by atoms with van der Waals surface area (Å²) in [6.07, 6.45) is -10.2. The van der Waals surface area contributed by atoms with Gasteiger partial charge >= 0.3 is 18.4 Å². The second-order valence-corrected chi connectivity index (χ2v) is 5.92. The third kappa shape index (κ3) is 6.45. The van der Waals surface area contributed by atoms with Crippen molar-refractivity contribution in [3.63, 3.8) is 0 Å². The summed E-state index contributed by atoms with van der Waals surface area (Å²) < 4.78 is 84.9. The van der Waals surface area contributed by atoms with Crippen LogP contribution in [-0.2, 0) is 11.3 Å². The molecule has 27 heavy (non-hydrogen) atoms. The van der Waals surface area contributed by atoms with Gasteiger partial charge in [-0.15, -0.1) is 0 Å². The molecule has 2 rings (SSSR count). The van der Waals surface area contributed by atoms with Crippen LogP contribution in [0.25, 0.3) is 0 Å². The zero-order valence-electron chi connectivity index (χ0n) is 14.0. The summed E-state index contributed by atoms with van der Waals surface area (Å²) in [4.78, 5) is 15.3. The second-order valence-electron chi connectivity index (χ2n) is 5.92. The molecule has 0 radical (unpaired) electrons. The highest BCUT2D eigenvalue weighted by molar-refractivity contribution is 5.74. The number of halogens is 6. The second kappa shape index (κ2) is 8.19. The van der Waals surface area contributed by atoms with E-state index in [1.54, 1.807) is 0 Å². The zero-order valence-corrected chi connectivity index (χ0v) is 14.0. The molecule has 0 bridgehead atoms. The molecular weight excluding hydrogens is 384 g/mol. The number of amides is 2. The van der Waals surface area contributed by atoms with Gasteiger partial charge in [-0.1, -0.05) is 0 Å². The van der Waals surface area contributed by atoms with Crippen LogP contribution in [-0.4, -0.2) is 49.2 Å². The van der Waals surface area contributed by atoms with Crippen molar-refractivity contribution >= 4 is 6.03 Å². The van der Waals surface area contributed by atoms with Gasteiger partial charge in [-0.2, -0.15) is 26.3 Å². The third-order valence-corrected chi connectivity index (χ3v) is 3.73. The van der Waals surface area contributed by atoms with E-state index in [1.807, 2.05) is 0 Å². The van der Waals surface area contributed by atoms with Crippen molar-refractivity contribution in [1.29, 1.82) is 0 Å². The molecule has 2 unspecified atom stereocenters. The average molecular weight is 401 g/mol. The maximum absolute atomic E-state index is 12.8. The molecule has 1 aliphatic carbocycles. The van der Waals surface area contributed by atoms with Crippen molar-refractivity contribution in [3.05, 3.63) is 23.9 Å². The van der Waals surface area contributed by atoms with Crippen molar-refractivity contribution in [2.75, 3.05) is 13.7 Å². The van der Waals surface area contributed by atoms with Gasteiger partial charge in [0.05, 0.1) is 12.5 Å². The van der Waals surface area contributed by atoms with Crippen LogP contribution >= 0.6 is 0 Å². The number of hydrogen-bond donors (Lipinski definition) is 2. The monoisotopic (exact) mass is 401 g/mol. The van der Waals surface area contributed by atoms with Crippen molar-refractivity contribution < 1.29 is 40.6 Å². The molecule has 0 saturated heterocycles. The lowest BCUT2D eigenvalue weighted by molar-refractivity contribution is -0.207. The van der Waals surface area contributed by atoms with E-state index in [0.717, 1.165) is 7.11 Å². The first-order valence-corrected chi connectivity index (χ1v) is 7.79. The first kappa shape index (κ1) is 21.1. The molecule has 1 aliphatic rings. The van der Waals surface area contributed by atoms with E-state index in [-0.39, 0.29) is 18.8 Å². The molecule has 0 aliphatic heterocycles. The van der Waals surface area contributed by atoms with Crippen molar-refractivity contribution in [2.24, 2.45) is 5.92 Å². The Kier molecular flexibility index (Phi) is 6.39. The molecule has 3 atom stereocenters. The molecule has 1 aromatic heterocycles. The fourth-order valence-electron chi connectivity index (χ4n) is 2.24. The molecule has 0 spiro atoms. The standard InChI is InChI=1S/C15H17F6N3O3/c1-26-7-11(15(19,20)21)27-12-4-8(2-3-22-12)6-23-13(25)24-10-5-9(10)14(16,17)18/h2-4,9-11H,5-7H2,1H3,(H2,23,24,25)/t9?,10?,11-/m1/s1. The number of aromatic nitrogens is 1. The number of carbonyl (C=O) groups excluding carboxylic acids is 1. The van der Waals surface area contributed by atoms with Gasteiger partial charge in [0.2, 0.25) is 12.0 Å². The van der Waals surface area contributed by atoms with Crippen LogP contribution in [0, 0.1) is 5.92 Å². The van der Waals surface area contributed by atoms with Crippen molar-refractivity contribution in [1.82, 2.24) is 15.6 Å². The summed E-state index contributed by atoms with van der Waals surface area (Å²) in [5.41, 5.74) is 0.358. The lowest BCUT2D eigenvalue weighted by Crippen LogP contribution is -2.39. The SMILES string of the molecule is COC[C@@H](Oc1cc(CNC(=O)NC2CC2C(F)(F)F)ccn1)C(F)(F)F. The van der Waals surface area contributed by atoms with Gasteiger partial charge < -0.3 is 20.1 Å². The number of pyridine rings is 1. The molecule has 1 heterocycles. The number of urea groups is 1. The van der Waals surface area contributed by atoms with Crippen LogP contribution in [0.5, 0.6) is 5.88 Å². The summed E-state index contributed by atoms with van der Waals surface area (Å²) in [5, 5.41) is 4.51. The minimum Gasteiger partial charge on any atom is -0.462 e. The predicted molar refractivity (Wildman–Crippen MR) is 79.9 cm³/mol. The van der Waals surface area contributed by atoms with Gasteiger partial charge in [0.15, 0.2) is 0 Å². The Morgan fingerprint density at radius 3 is 2.59 bits per heavy atom. The molecule has 152 valence electrons. The maximum atomic E-state index is 12.8. The minimum absolute atomic E-state index is 0.130. The van der Waals surface area contributed by atoms with Crippen LogP contribution in [0.4, 0.5) is 31.1 Å². The zero-order chi connectivity index (χ0) is 20.2. The van der Waals surface area contributed by atoms with E-state index in [4.69, 9.17) is 4.74 Å². The third-order valence-electron chi connectivity index (χ3n) is 3.73. The Morgan fingerprint density at radius 2 is 2.04 bits per heavy atom. The van der Waals surface area contributed by atoms with Crippen LogP contribution in [0.15, 0.2) is 18.3 Å². The van der Waals surface area contributed by atoms with Crippen LogP contribution in [0.2, 0.25) is 0 Å². The van der Waals surface area contributed by atoms with E-state index in [1.165, 1.54) is 18.3 Å². The Labute approximate surface area is 150 Å². The number of nitrogens with one attached hydrogen (secondary N) is 2. The van der Waals surface area contributed by atoms with Crippen LogP contribution in [0.1, 0.15) is 12.0 Å². The number of alkyl halides is 6. The quantitative estimate of drug-likeness (QED) is 0.690. The number of ether oxygens (including phenoxy) is 2. The summed E-state index contributed by atoms with van der Waals surface area (Å²) in [7, 11) is 1.09. The number of nitrogens with zero attached hydrogens (tertiary/aromatic N) is 1. The molecule has 1 aromatic rings. The van der Waals surface area contributed by atoms with Gasteiger partial charge in [-0.25, -0.2) is 9.78 Å². The van der Waals surface area contributed by atoms with Crippen molar-refractivity contribution in [3.8, 4) is 5.88 Å². The van der Waals surface area contributed by atoms with E-state index in [2.05, 4.69) is 20.4 Å².